The zero-order chi connectivity index (χ0) is 13.8. The van der Waals surface area contributed by atoms with Gasteiger partial charge in [0, 0.05) is 37.3 Å². The molecule has 2 N–H and O–H groups in total. The number of rotatable bonds is 3. The maximum Gasteiger partial charge on any atom is 0.171 e. The molecule has 3 heteroatoms. The number of hydrogen-bond acceptors (Lipinski definition) is 3. The molecule has 1 aliphatic rings. The van der Waals surface area contributed by atoms with Crippen LogP contribution in [0.5, 0.6) is 0 Å². The third-order valence-corrected chi connectivity index (χ3v) is 3.93. The van der Waals surface area contributed by atoms with E-state index in [1.807, 2.05) is 60.7 Å². The van der Waals surface area contributed by atoms with Crippen LogP contribution in [0.2, 0.25) is 0 Å². The molecule has 20 heavy (non-hydrogen) atoms. The van der Waals surface area contributed by atoms with Crippen LogP contribution in [0.15, 0.2) is 60.7 Å². The third kappa shape index (κ3) is 2.36. The standard InChI is InChI=1S/C17H20N2O/c20-17(15-7-3-1-4-8-15,16-9-5-2-6-10-16)19-13-11-18-12-14-19/h1-10,18,20H,11-14H2. The zero-order valence-electron chi connectivity index (χ0n) is 11.5. The molecule has 104 valence electrons. The first kappa shape index (κ1) is 13.3. The zero-order valence-corrected chi connectivity index (χ0v) is 11.5. The molecule has 0 atom stereocenters. The summed E-state index contributed by atoms with van der Waals surface area (Å²) in [5.41, 5.74) is 0.797. The van der Waals surface area contributed by atoms with Crippen molar-refractivity contribution < 1.29 is 5.11 Å². The number of aliphatic hydroxyl groups is 1. The summed E-state index contributed by atoms with van der Waals surface area (Å²) in [5.74, 6) is 0. The number of hydrogen-bond donors (Lipinski definition) is 2. The summed E-state index contributed by atoms with van der Waals surface area (Å²) < 4.78 is 0. The minimum Gasteiger partial charge on any atom is -0.367 e. The molecule has 1 saturated heterocycles. The van der Waals surface area contributed by atoms with Gasteiger partial charge in [-0.15, -0.1) is 0 Å². The minimum atomic E-state index is -1.05. The van der Waals surface area contributed by atoms with Gasteiger partial charge in [-0.25, -0.2) is 0 Å². The highest BCUT2D eigenvalue weighted by Crippen LogP contribution is 2.33. The van der Waals surface area contributed by atoms with Gasteiger partial charge in [0.2, 0.25) is 0 Å². The Morgan fingerprint density at radius 2 is 1.25 bits per heavy atom. The van der Waals surface area contributed by atoms with Crippen LogP contribution in [-0.4, -0.2) is 36.2 Å². The van der Waals surface area contributed by atoms with Gasteiger partial charge in [-0.2, -0.15) is 0 Å². The third-order valence-electron chi connectivity index (χ3n) is 3.93. The van der Waals surface area contributed by atoms with Crippen LogP contribution >= 0.6 is 0 Å². The molecule has 0 unspecified atom stereocenters. The number of benzene rings is 2. The molecule has 0 aliphatic carbocycles. The summed E-state index contributed by atoms with van der Waals surface area (Å²) in [6.45, 7) is 3.48. The van der Waals surface area contributed by atoms with Crippen molar-refractivity contribution in [3.8, 4) is 0 Å². The topological polar surface area (TPSA) is 35.5 Å². The SMILES string of the molecule is OC(c1ccccc1)(c1ccccc1)N1CCNCC1. The second kappa shape index (κ2) is 5.75. The van der Waals surface area contributed by atoms with Gasteiger partial charge in [-0.05, 0) is 0 Å². The molecule has 1 fully saturated rings. The fraction of sp³-hybridized carbons (Fsp3) is 0.294. The van der Waals surface area contributed by atoms with E-state index in [4.69, 9.17) is 0 Å². The highest BCUT2D eigenvalue weighted by Gasteiger charge is 2.38. The quantitative estimate of drug-likeness (QED) is 0.891. The van der Waals surface area contributed by atoms with E-state index in [0.29, 0.717) is 0 Å². The van der Waals surface area contributed by atoms with E-state index in [0.717, 1.165) is 37.3 Å². The Morgan fingerprint density at radius 3 is 1.70 bits per heavy atom. The molecule has 0 aromatic heterocycles. The van der Waals surface area contributed by atoms with E-state index in [1.54, 1.807) is 0 Å². The van der Waals surface area contributed by atoms with Gasteiger partial charge >= 0.3 is 0 Å². The predicted octanol–water partition coefficient (Wildman–Crippen LogP) is 1.79. The van der Waals surface area contributed by atoms with Gasteiger partial charge in [-0.3, -0.25) is 4.90 Å². The lowest BCUT2D eigenvalue weighted by atomic mass is 9.92. The van der Waals surface area contributed by atoms with E-state index in [-0.39, 0.29) is 0 Å². The highest BCUT2D eigenvalue weighted by molar-refractivity contribution is 5.35. The lowest BCUT2D eigenvalue weighted by Crippen LogP contribution is -2.55. The van der Waals surface area contributed by atoms with Crippen LogP contribution in [-0.2, 0) is 5.72 Å². The largest absolute Gasteiger partial charge is 0.367 e. The smallest absolute Gasteiger partial charge is 0.171 e. The lowest BCUT2D eigenvalue weighted by Gasteiger charge is -2.42. The van der Waals surface area contributed by atoms with E-state index in [9.17, 15) is 5.11 Å². The molecule has 1 heterocycles. The van der Waals surface area contributed by atoms with Gasteiger partial charge in [-0.1, -0.05) is 60.7 Å². The summed E-state index contributed by atoms with van der Waals surface area (Å²) in [5, 5.41) is 14.8. The van der Waals surface area contributed by atoms with Crippen molar-refractivity contribution in [1.29, 1.82) is 0 Å². The average Bonchev–Trinajstić information content (AvgIpc) is 2.56. The molecular formula is C17H20N2O. The van der Waals surface area contributed by atoms with Crippen LogP contribution in [0.4, 0.5) is 0 Å². The van der Waals surface area contributed by atoms with Crippen molar-refractivity contribution in [2.75, 3.05) is 26.2 Å². The maximum absolute atomic E-state index is 11.5. The van der Waals surface area contributed by atoms with Crippen LogP contribution in [0.3, 0.4) is 0 Å². The Morgan fingerprint density at radius 1 is 0.800 bits per heavy atom. The molecule has 3 rings (SSSR count). The van der Waals surface area contributed by atoms with E-state index in [2.05, 4.69) is 10.2 Å². The number of piperazine rings is 1. The van der Waals surface area contributed by atoms with Crippen molar-refractivity contribution in [3.05, 3.63) is 71.8 Å². The normalized spacial score (nSPS) is 17.1. The molecule has 1 aliphatic heterocycles. The predicted molar refractivity (Wildman–Crippen MR) is 80.3 cm³/mol. The van der Waals surface area contributed by atoms with Crippen LogP contribution in [0.25, 0.3) is 0 Å². The van der Waals surface area contributed by atoms with Gasteiger partial charge in [0.1, 0.15) is 0 Å². The molecule has 0 amide bonds. The Labute approximate surface area is 119 Å². The van der Waals surface area contributed by atoms with Crippen LogP contribution in [0, 0.1) is 0 Å². The Bertz CT molecular complexity index is 496. The molecular weight excluding hydrogens is 248 g/mol. The molecule has 0 radical (unpaired) electrons. The van der Waals surface area contributed by atoms with Crippen LogP contribution < -0.4 is 5.32 Å². The van der Waals surface area contributed by atoms with Crippen molar-refractivity contribution in [1.82, 2.24) is 10.2 Å². The first-order chi connectivity index (χ1) is 9.82. The minimum absolute atomic E-state index is 0.834. The van der Waals surface area contributed by atoms with Gasteiger partial charge in [0.15, 0.2) is 5.72 Å². The van der Waals surface area contributed by atoms with Crippen LogP contribution in [0.1, 0.15) is 11.1 Å². The number of nitrogens with one attached hydrogen (secondary N) is 1. The summed E-state index contributed by atoms with van der Waals surface area (Å²) in [4.78, 5) is 2.15. The van der Waals surface area contributed by atoms with Gasteiger partial charge in [0.05, 0.1) is 0 Å². The van der Waals surface area contributed by atoms with E-state index in [1.165, 1.54) is 0 Å². The first-order valence-electron chi connectivity index (χ1n) is 7.11. The lowest BCUT2D eigenvalue weighted by molar-refractivity contribution is -0.0860. The second-order valence-corrected chi connectivity index (χ2v) is 5.14. The van der Waals surface area contributed by atoms with E-state index >= 15 is 0 Å². The monoisotopic (exact) mass is 268 g/mol. The Balaban J connectivity index is 2.07. The Hall–Kier alpha value is -1.68. The summed E-state index contributed by atoms with van der Waals surface area (Å²) in [6.07, 6.45) is 0. The first-order valence-corrected chi connectivity index (χ1v) is 7.11. The average molecular weight is 268 g/mol. The van der Waals surface area contributed by atoms with E-state index < -0.39 is 5.72 Å². The molecule has 0 saturated carbocycles. The fourth-order valence-corrected chi connectivity index (χ4v) is 2.86. The molecule has 3 nitrogen and oxygen atoms in total. The maximum atomic E-state index is 11.5. The highest BCUT2D eigenvalue weighted by atomic mass is 16.3. The fourth-order valence-electron chi connectivity index (χ4n) is 2.86. The van der Waals surface area contributed by atoms with Crippen molar-refractivity contribution in [2.45, 2.75) is 5.72 Å². The summed E-state index contributed by atoms with van der Waals surface area (Å²) >= 11 is 0. The molecule has 2 aromatic rings. The molecule has 0 bridgehead atoms. The van der Waals surface area contributed by atoms with Crippen molar-refractivity contribution >= 4 is 0 Å². The number of nitrogens with zero attached hydrogens (tertiary/aromatic N) is 1. The Kier molecular flexibility index (Phi) is 3.83. The second-order valence-electron chi connectivity index (χ2n) is 5.14. The molecule has 2 aromatic carbocycles. The van der Waals surface area contributed by atoms with Gasteiger partial charge < -0.3 is 10.4 Å². The van der Waals surface area contributed by atoms with Crippen molar-refractivity contribution in [3.63, 3.8) is 0 Å². The van der Waals surface area contributed by atoms with Gasteiger partial charge in [0.25, 0.3) is 0 Å². The summed E-state index contributed by atoms with van der Waals surface area (Å²) in [6, 6.07) is 19.8. The van der Waals surface area contributed by atoms with Crippen molar-refractivity contribution in [2.24, 2.45) is 0 Å². The summed E-state index contributed by atoms with van der Waals surface area (Å²) in [7, 11) is 0. The molecule has 0 spiro atoms.